The molecular weight excluding hydrogens is 302 g/mol. The molecular formula is C19H27N3O2. The van der Waals surface area contributed by atoms with Crippen molar-refractivity contribution >= 4 is 5.91 Å². The van der Waals surface area contributed by atoms with Crippen LogP contribution >= 0.6 is 0 Å². The quantitative estimate of drug-likeness (QED) is 0.890. The second-order valence-corrected chi connectivity index (χ2v) is 7.26. The number of hydrogen-bond donors (Lipinski definition) is 1. The van der Waals surface area contributed by atoms with E-state index in [1.54, 1.807) is 0 Å². The lowest BCUT2D eigenvalue weighted by atomic mass is 9.73. The third-order valence-corrected chi connectivity index (χ3v) is 6.00. The molecule has 0 radical (unpaired) electrons. The second-order valence-electron chi connectivity index (χ2n) is 7.26. The Morgan fingerprint density at radius 2 is 1.83 bits per heavy atom. The van der Waals surface area contributed by atoms with Crippen molar-refractivity contribution < 1.29 is 9.53 Å². The topological polar surface area (TPSA) is 44.8 Å². The first-order chi connectivity index (χ1) is 11.8. The fraction of sp³-hybridized carbons (Fsp3) is 0.632. The van der Waals surface area contributed by atoms with Crippen LogP contribution < -0.4 is 5.32 Å². The van der Waals surface area contributed by atoms with Gasteiger partial charge in [0.2, 0.25) is 5.91 Å². The van der Waals surface area contributed by atoms with Crippen molar-refractivity contribution in [2.45, 2.75) is 24.3 Å². The van der Waals surface area contributed by atoms with Crippen LogP contribution in [0, 0.1) is 0 Å². The van der Waals surface area contributed by atoms with Crippen molar-refractivity contribution in [2.75, 3.05) is 52.5 Å². The zero-order chi connectivity index (χ0) is 16.4. The number of carbonyl (C=O) groups is 1. The summed E-state index contributed by atoms with van der Waals surface area (Å²) in [5.74, 6) is 0.176. The van der Waals surface area contributed by atoms with E-state index in [-0.39, 0.29) is 5.91 Å². The molecule has 1 N–H and O–H groups in total. The Labute approximate surface area is 144 Å². The maximum atomic E-state index is 13.2. The monoisotopic (exact) mass is 329 g/mol. The molecule has 1 aromatic rings. The van der Waals surface area contributed by atoms with Crippen molar-refractivity contribution in [2.24, 2.45) is 0 Å². The molecule has 0 saturated carbocycles. The van der Waals surface area contributed by atoms with E-state index in [1.165, 1.54) is 13.1 Å². The Bertz CT molecular complexity index is 563. The molecule has 1 atom stereocenters. The molecule has 1 aromatic carbocycles. The van der Waals surface area contributed by atoms with Crippen LogP contribution in [-0.4, -0.2) is 74.2 Å². The third-order valence-electron chi connectivity index (χ3n) is 6.00. The summed E-state index contributed by atoms with van der Waals surface area (Å²) in [6, 6.07) is 10.7. The number of ether oxygens (including phenoxy) is 1. The first-order valence-corrected chi connectivity index (χ1v) is 9.16. The number of rotatable bonds is 4. The number of nitrogens with zero attached hydrogens (tertiary/aromatic N) is 2. The van der Waals surface area contributed by atoms with E-state index in [1.807, 2.05) is 18.2 Å². The fourth-order valence-electron chi connectivity index (χ4n) is 4.42. The smallest absolute Gasteiger partial charge is 0.230 e. The highest BCUT2D eigenvalue weighted by Gasteiger charge is 2.42. The molecule has 1 unspecified atom stereocenters. The predicted molar refractivity (Wildman–Crippen MR) is 93.0 cm³/mol. The van der Waals surface area contributed by atoms with Gasteiger partial charge in [-0.3, -0.25) is 14.6 Å². The van der Waals surface area contributed by atoms with Crippen molar-refractivity contribution in [1.29, 1.82) is 0 Å². The number of piperazine rings is 3. The van der Waals surface area contributed by atoms with Gasteiger partial charge < -0.3 is 10.1 Å². The summed E-state index contributed by atoms with van der Waals surface area (Å²) in [6.45, 7) is 7.78. The van der Waals surface area contributed by atoms with Crippen LogP contribution in [0.5, 0.6) is 0 Å². The maximum absolute atomic E-state index is 13.2. The molecule has 4 aliphatic heterocycles. The number of amides is 1. The van der Waals surface area contributed by atoms with Gasteiger partial charge in [0.15, 0.2) is 0 Å². The van der Waals surface area contributed by atoms with Gasteiger partial charge in [-0.05, 0) is 18.4 Å². The average molecular weight is 329 g/mol. The molecule has 2 bridgehead atoms. The van der Waals surface area contributed by atoms with E-state index in [4.69, 9.17) is 4.74 Å². The van der Waals surface area contributed by atoms with Crippen molar-refractivity contribution in [1.82, 2.24) is 15.1 Å². The molecule has 0 aliphatic carbocycles. The van der Waals surface area contributed by atoms with Gasteiger partial charge in [-0.25, -0.2) is 0 Å². The molecule has 4 saturated heterocycles. The van der Waals surface area contributed by atoms with Crippen LogP contribution in [-0.2, 0) is 14.9 Å². The van der Waals surface area contributed by atoms with Gasteiger partial charge in [-0.15, -0.1) is 0 Å². The summed E-state index contributed by atoms with van der Waals surface area (Å²) in [6.07, 6.45) is 1.53. The van der Waals surface area contributed by atoms with Crippen molar-refractivity contribution in [3.05, 3.63) is 35.9 Å². The highest BCUT2D eigenvalue weighted by molar-refractivity contribution is 5.88. The lowest BCUT2D eigenvalue weighted by Crippen LogP contribution is -2.64. The highest BCUT2D eigenvalue weighted by atomic mass is 16.5. The van der Waals surface area contributed by atoms with Crippen LogP contribution in [0.3, 0.4) is 0 Å². The lowest BCUT2D eigenvalue weighted by Gasteiger charge is -2.47. The lowest BCUT2D eigenvalue weighted by molar-refractivity contribution is -0.131. The van der Waals surface area contributed by atoms with Gasteiger partial charge in [0.05, 0.1) is 5.41 Å². The number of benzene rings is 1. The summed E-state index contributed by atoms with van der Waals surface area (Å²) in [5, 5.41) is 3.28. The van der Waals surface area contributed by atoms with Crippen LogP contribution in [0.1, 0.15) is 18.4 Å². The molecule has 1 amide bonds. The molecule has 4 aliphatic rings. The molecule has 4 heterocycles. The number of hydrogen-bond acceptors (Lipinski definition) is 4. The maximum Gasteiger partial charge on any atom is 0.230 e. The van der Waals surface area contributed by atoms with E-state index in [0.717, 1.165) is 44.6 Å². The minimum atomic E-state index is -0.428. The molecule has 24 heavy (non-hydrogen) atoms. The molecule has 0 spiro atoms. The number of fused-ring (bicyclic) bond motifs is 3. The van der Waals surface area contributed by atoms with Crippen molar-refractivity contribution in [3.8, 4) is 0 Å². The van der Waals surface area contributed by atoms with Crippen LogP contribution in [0.15, 0.2) is 30.3 Å². The Hall–Kier alpha value is -1.43. The molecule has 5 heteroatoms. The normalized spacial score (nSPS) is 31.6. The molecule has 5 rings (SSSR count). The molecule has 0 aromatic heterocycles. The highest BCUT2D eigenvalue weighted by Crippen LogP contribution is 2.35. The largest absolute Gasteiger partial charge is 0.381 e. The van der Waals surface area contributed by atoms with Crippen molar-refractivity contribution in [3.63, 3.8) is 0 Å². The van der Waals surface area contributed by atoms with Gasteiger partial charge in [-0.1, -0.05) is 30.3 Å². The zero-order valence-corrected chi connectivity index (χ0v) is 14.2. The van der Waals surface area contributed by atoms with E-state index < -0.39 is 5.41 Å². The minimum absolute atomic E-state index is 0.176. The van der Waals surface area contributed by atoms with Gasteiger partial charge in [0.1, 0.15) is 0 Å². The van der Waals surface area contributed by atoms with Gasteiger partial charge in [-0.2, -0.15) is 0 Å². The summed E-state index contributed by atoms with van der Waals surface area (Å²) in [4.78, 5) is 18.2. The number of nitrogens with one attached hydrogen (secondary N) is 1. The Morgan fingerprint density at radius 3 is 2.46 bits per heavy atom. The Morgan fingerprint density at radius 1 is 1.12 bits per heavy atom. The standard InChI is InChI=1S/C19H27N3O2/c23-18(20-14-17-15-21-8-10-22(17)11-9-21)19(6-12-24-13-7-19)16-4-2-1-3-5-16/h1-5,17H,6-15H2,(H,20,23). The Kier molecular flexibility index (Phi) is 4.57. The summed E-state index contributed by atoms with van der Waals surface area (Å²) in [5.41, 5.74) is 0.697. The van der Waals surface area contributed by atoms with Crippen LogP contribution in [0.4, 0.5) is 0 Å². The SMILES string of the molecule is O=C(NCC1CN2CCN1CC2)C1(c2ccccc2)CCOCC1. The van der Waals surface area contributed by atoms with Gasteiger partial charge >= 0.3 is 0 Å². The van der Waals surface area contributed by atoms with E-state index in [9.17, 15) is 4.79 Å². The minimum Gasteiger partial charge on any atom is -0.381 e. The first kappa shape index (κ1) is 16.1. The fourth-order valence-corrected chi connectivity index (χ4v) is 4.42. The predicted octanol–water partition coefficient (Wildman–Crippen LogP) is 0.851. The number of carbonyl (C=O) groups excluding carboxylic acids is 1. The molecule has 5 nitrogen and oxygen atoms in total. The summed E-state index contributed by atoms with van der Waals surface area (Å²) in [7, 11) is 0. The van der Waals surface area contributed by atoms with Gasteiger partial charge in [0.25, 0.3) is 0 Å². The van der Waals surface area contributed by atoms with Crippen LogP contribution in [0.25, 0.3) is 0 Å². The van der Waals surface area contributed by atoms with Gasteiger partial charge in [0, 0.05) is 58.5 Å². The third kappa shape index (κ3) is 2.96. The zero-order valence-electron chi connectivity index (χ0n) is 14.2. The van der Waals surface area contributed by atoms with E-state index in [2.05, 4.69) is 27.2 Å². The van der Waals surface area contributed by atoms with Crippen LogP contribution in [0.2, 0.25) is 0 Å². The van der Waals surface area contributed by atoms with E-state index in [0.29, 0.717) is 19.3 Å². The molecule has 4 fully saturated rings. The summed E-state index contributed by atoms with van der Waals surface area (Å²) < 4.78 is 5.54. The second kappa shape index (κ2) is 6.82. The average Bonchev–Trinajstić information content (AvgIpc) is 2.68. The molecule has 130 valence electrons. The first-order valence-electron chi connectivity index (χ1n) is 9.16. The Balaban J connectivity index is 1.46. The van der Waals surface area contributed by atoms with E-state index >= 15 is 0 Å². The summed E-state index contributed by atoms with van der Waals surface area (Å²) >= 11 is 0.